The van der Waals surface area contributed by atoms with Crippen molar-refractivity contribution in [2.24, 2.45) is 10.2 Å². The number of pyridine rings is 2. The van der Waals surface area contributed by atoms with E-state index in [2.05, 4.69) is 35.5 Å². The van der Waals surface area contributed by atoms with Gasteiger partial charge in [0.2, 0.25) is 0 Å². The van der Waals surface area contributed by atoms with E-state index in [0.717, 1.165) is 18.3 Å². The summed E-state index contributed by atoms with van der Waals surface area (Å²) in [6.07, 6.45) is -0.129. The van der Waals surface area contributed by atoms with Crippen LogP contribution < -0.4 is 5.32 Å². The second-order valence-corrected chi connectivity index (χ2v) is 7.52. The van der Waals surface area contributed by atoms with Gasteiger partial charge in [0.1, 0.15) is 12.2 Å². The van der Waals surface area contributed by atoms with Crippen LogP contribution in [0.2, 0.25) is 0 Å². The summed E-state index contributed by atoms with van der Waals surface area (Å²) < 4.78 is 52.8. The maximum absolute atomic E-state index is 14.2. The average Bonchev–Trinajstić information content (AvgIpc) is 2.87. The van der Waals surface area contributed by atoms with E-state index in [0.29, 0.717) is 29.1 Å². The molecule has 0 spiro atoms. The Morgan fingerprint density at radius 2 is 1.69 bits per heavy atom. The number of nitrogens with one attached hydrogen (secondary N) is 1. The number of azo groups is 1. The van der Waals surface area contributed by atoms with Gasteiger partial charge in [-0.05, 0) is 42.5 Å². The molecule has 0 unspecified atom stereocenters. The van der Waals surface area contributed by atoms with E-state index in [1.165, 1.54) is 24.5 Å². The Kier molecular flexibility index (Phi) is 7.54. The van der Waals surface area contributed by atoms with Gasteiger partial charge in [-0.15, -0.1) is 5.11 Å². The summed E-state index contributed by atoms with van der Waals surface area (Å²) in [5, 5.41) is 19.8. The van der Waals surface area contributed by atoms with Crippen LogP contribution in [0.1, 0.15) is 17.0 Å². The van der Waals surface area contributed by atoms with Crippen LogP contribution >= 0.6 is 0 Å². The SMILES string of the molecule is OCCc1ccc(-c2nc(N=NCc3ccc(Nc4cccc(C(F)(F)F)c4)cn3)ncc2F)cn1. The molecule has 36 heavy (non-hydrogen) atoms. The summed E-state index contributed by atoms with van der Waals surface area (Å²) in [5.41, 5.74) is 1.68. The maximum Gasteiger partial charge on any atom is 0.416 e. The standard InChI is InChI=1S/C24H19F4N7O/c25-21-14-31-23(34-22(21)15-4-5-17(8-9-36)29-11-15)35-32-13-19-6-7-20(12-30-19)33-18-3-1-2-16(10-18)24(26,27)28/h1-7,10-12,14,33,36H,8-9,13H2. The van der Waals surface area contributed by atoms with Crippen molar-refractivity contribution < 1.29 is 22.7 Å². The normalized spacial score (nSPS) is 11.7. The van der Waals surface area contributed by atoms with Crippen molar-refractivity contribution in [3.8, 4) is 11.3 Å². The molecule has 0 amide bonds. The van der Waals surface area contributed by atoms with Crippen LogP contribution in [0.3, 0.4) is 0 Å². The van der Waals surface area contributed by atoms with Gasteiger partial charge < -0.3 is 10.4 Å². The molecular weight excluding hydrogens is 478 g/mol. The summed E-state index contributed by atoms with van der Waals surface area (Å²) in [7, 11) is 0. The number of aliphatic hydroxyl groups is 1. The van der Waals surface area contributed by atoms with E-state index in [1.54, 1.807) is 24.3 Å². The van der Waals surface area contributed by atoms with Crippen molar-refractivity contribution in [1.29, 1.82) is 0 Å². The highest BCUT2D eigenvalue weighted by Gasteiger charge is 2.30. The molecule has 1 aromatic carbocycles. The van der Waals surface area contributed by atoms with E-state index in [4.69, 9.17) is 5.11 Å². The first-order chi connectivity index (χ1) is 17.3. The predicted molar refractivity (Wildman–Crippen MR) is 123 cm³/mol. The zero-order chi connectivity index (χ0) is 25.5. The van der Waals surface area contributed by atoms with Crippen LogP contribution in [-0.2, 0) is 19.1 Å². The molecule has 0 atom stereocenters. The number of anilines is 2. The molecule has 0 aliphatic carbocycles. The molecule has 0 bridgehead atoms. The lowest BCUT2D eigenvalue weighted by Crippen LogP contribution is -2.05. The van der Waals surface area contributed by atoms with Gasteiger partial charge in [0.25, 0.3) is 5.95 Å². The minimum Gasteiger partial charge on any atom is -0.396 e. The van der Waals surface area contributed by atoms with E-state index in [-0.39, 0.29) is 30.5 Å². The molecule has 2 N–H and O–H groups in total. The molecule has 0 fully saturated rings. The zero-order valence-corrected chi connectivity index (χ0v) is 18.6. The highest BCUT2D eigenvalue weighted by molar-refractivity contribution is 5.60. The Balaban J connectivity index is 1.39. The molecule has 0 radical (unpaired) electrons. The van der Waals surface area contributed by atoms with Gasteiger partial charge in [-0.3, -0.25) is 9.97 Å². The number of alkyl halides is 3. The van der Waals surface area contributed by atoms with Gasteiger partial charge in [-0.25, -0.2) is 14.4 Å². The number of rotatable bonds is 8. The van der Waals surface area contributed by atoms with E-state index in [1.807, 2.05) is 0 Å². The molecule has 8 nitrogen and oxygen atoms in total. The van der Waals surface area contributed by atoms with E-state index >= 15 is 0 Å². The highest BCUT2D eigenvalue weighted by Crippen LogP contribution is 2.31. The lowest BCUT2D eigenvalue weighted by molar-refractivity contribution is -0.137. The molecule has 4 rings (SSSR count). The summed E-state index contributed by atoms with van der Waals surface area (Å²) >= 11 is 0. The smallest absolute Gasteiger partial charge is 0.396 e. The largest absolute Gasteiger partial charge is 0.416 e. The number of benzene rings is 1. The first-order valence-corrected chi connectivity index (χ1v) is 10.7. The van der Waals surface area contributed by atoms with Gasteiger partial charge in [-0.1, -0.05) is 6.07 Å². The molecule has 3 heterocycles. The first-order valence-electron chi connectivity index (χ1n) is 10.7. The Morgan fingerprint density at radius 3 is 2.39 bits per heavy atom. The Labute approximate surface area is 202 Å². The summed E-state index contributed by atoms with van der Waals surface area (Å²) in [6, 6.07) is 11.5. The monoisotopic (exact) mass is 497 g/mol. The fourth-order valence-electron chi connectivity index (χ4n) is 3.14. The molecule has 184 valence electrons. The third kappa shape index (κ3) is 6.42. The Morgan fingerprint density at radius 1 is 0.889 bits per heavy atom. The summed E-state index contributed by atoms with van der Waals surface area (Å²) in [6.45, 7) is 0.0417. The summed E-state index contributed by atoms with van der Waals surface area (Å²) in [4.78, 5) is 16.3. The van der Waals surface area contributed by atoms with Crippen LogP contribution in [0.15, 0.2) is 77.3 Å². The third-order valence-electron chi connectivity index (χ3n) is 4.89. The van der Waals surface area contributed by atoms with Crippen LogP contribution in [0, 0.1) is 5.82 Å². The van der Waals surface area contributed by atoms with Crippen LogP contribution in [0.4, 0.5) is 34.9 Å². The highest BCUT2D eigenvalue weighted by atomic mass is 19.4. The van der Waals surface area contributed by atoms with Gasteiger partial charge in [0, 0.05) is 36.2 Å². The van der Waals surface area contributed by atoms with Gasteiger partial charge >= 0.3 is 6.18 Å². The number of nitrogens with zero attached hydrogens (tertiary/aromatic N) is 6. The van der Waals surface area contributed by atoms with Gasteiger partial charge in [-0.2, -0.15) is 18.3 Å². The maximum atomic E-state index is 14.2. The number of aromatic nitrogens is 4. The van der Waals surface area contributed by atoms with Crippen molar-refractivity contribution in [1.82, 2.24) is 19.9 Å². The molecule has 0 aliphatic rings. The quantitative estimate of drug-likeness (QED) is 0.240. The Bertz CT molecular complexity index is 1340. The number of aliphatic hydroxyl groups excluding tert-OH is 1. The van der Waals surface area contributed by atoms with Crippen molar-refractivity contribution >= 4 is 17.3 Å². The molecule has 0 aliphatic heterocycles. The Hall–Kier alpha value is -4.32. The first kappa shape index (κ1) is 24.8. The number of hydrogen-bond acceptors (Lipinski definition) is 8. The van der Waals surface area contributed by atoms with Crippen molar-refractivity contribution in [3.63, 3.8) is 0 Å². The minimum absolute atomic E-state index is 0.0187. The number of hydrogen-bond donors (Lipinski definition) is 2. The van der Waals surface area contributed by atoms with E-state index < -0.39 is 17.6 Å². The zero-order valence-electron chi connectivity index (χ0n) is 18.6. The minimum atomic E-state index is -4.43. The van der Waals surface area contributed by atoms with Crippen LogP contribution in [0.5, 0.6) is 0 Å². The number of halogens is 4. The summed E-state index contributed by atoms with van der Waals surface area (Å²) in [5.74, 6) is -0.690. The molecular formula is C24H19F4N7O. The van der Waals surface area contributed by atoms with Gasteiger partial charge in [0.15, 0.2) is 5.82 Å². The predicted octanol–water partition coefficient (Wildman–Crippen LogP) is 5.65. The fraction of sp³-hybridized carbons (Fsp3) is 0.167. The van der Waals surface area contributed by atoms with E-state index in [9.17, 15) is 17.6 Å². The second-order valence-electron chi connectivity index (χ2n) is 7.52. The topological polar surface area (TPSA) is 109 Å². The molecule has 0 saturated carbocycles. The second kappa shape index (κ2) is 11.0. The van der Waals surface area contributed by atoms with Gasteiger partial charge in [0.05, 0.1) is 29.3 Å². The van der Waals surface area contributed by atoms with Crippen LogP contribution in [0.25, 0.3) is 11.3 Å². The van der Waals surface area contributed by atoms with Crippen molar-refractivity contribution in [2.75, 3.05) is 11.9 Å². The van der Waals surface area contributed by atoms with Crippen molar-refractivity contribution in [3.05, 3.63) is 89.9 Å². The third-order valence-corrected chi connectivity index (χ3v) is 4.89. The average molecular weight is 497 g/mol. The lowest BCUT2D eigenvalue weighted by atomic mass is 10.1. The molecule has 0 saturated heterocycles. The van der Waals surface area contributed by atoms with Crippen LogP contribution in [-0.4, -0.2) is 31.6 Å². The fourth-order valence-corrected chi connectivity index (χ4v) is 3.14. The molecule has 4 aromatic rings. The van der Waals surface area contributed by atoms with Crippen molar-refractivity contribution in [2.45, 2.75) is 19.1 Å². The lowest BCUT2D eigenvalue weighted by Gasteiger charge is -2.10. The molecule has 12 heteroatoms. The molecule has 3 aromatic heterocycles.